The summed E-state index contributed by atoms with van der Waals surface area (Å²) in [7, 11) is 0. The molecule has 0 aliphatic rings. The Morgan fingerprint density at radius 2 is 1.71 bits per heavy atom. The van der Waals surface area contributed by atoms with Gasteiger partial charge < -0.3 is 14.8 Å². The zero-order chi connectivity index (χ0) is 18.3. The highest BCUT2D eigenvalue weighted by atomic mass is 16.6. The highest BCUT2D eigenvalue weighted by Gasteiger charge is 2.27. The molecule has 0 aliphatic carbocycles. The van der Waals surface area contributed by atoms with E-state index in [1.807, 2.05) is 19.1 Å². The first-order valence-corrected chi connectivity index (χ1v) is 7.95. The average Bonchev–Trinajstić information content (AvgIpc) is 2.49. The van der Waals surface area contributed by atoms with Crippen LogP contribution in [0.25, 0.3) is 0 Å². The van der Waals surface area contributed by atoms with Gasteiger partial charge in [-0.15, -0.1) is 0 Å². The largest absolute Gasteiger partial charge is 0.460 e. The average molecular weight is 335 g/mol. The highest BCUT2D eigenvalue weighted by Crippen LogP contribution is 2.10. The van der Waals surface area contributed by atoms with E-state index in [1.54, 1.807) is 39.8 Å². The molecule has 6 heteroatoms. The molecule has 0 heterocycles. The second-order valence-electron chi connectivity index (χ2n) is 6.16. The van der Waals surface area contributed by atoms with Crippen LogP contribution in [0, 0.1) is 12.8 Å². The molecule has 1 atom stereocenters. The van der Waals surface area contributed by atoms with E-state index in [4.69, 9.17) is 9.47 Å². The molecule has 0 bridgehead atoms. The second-order valence-corrected chi connectivity index (χ2v) is 6.16. The molecule has 0 aromatic heterocycles. The maximum absolute atomic E-state index is 12.4. The van der Waals surface area contributed by atoms with Crippen LogP contribution in [0.5, 0.6) is 0 Å². The van der Waals surface area contributed by atoms with Gasteiger partial charge in [0.2, 0.25) is 0 Å². The maximum atomic E-state index is 12.4. The van der Waals surface area contributed by atoms with E-state index in [0.29, 0.717) is 5.56 Å². The fraction of sp³-hybridized carbons (Fsp3) is 0.500. The topological polar surface area (TPSA) is 81.7 Å². The fourth-order valence-electron chi connectivity index (χ4n) is 2.06. The normalized spacial score (nSPS) is 12.0. The van der Waals surface area contributed by atoms with Crippen LogP contribution < -0.4 is 5.32 Å². The van der Waals surface area contributed by atoms with E-state index in [0.717, 1.165) is 5.56 Å². The van der Waals surface area contributed by atoms with E-state index in [9.17, 15) is 14.4 Å². The van der Waals surface area contributed by atoms with Crippen molar-refractivity contribution >= 4 is 17.8 Å². The molecule has 1 rings (SSSR count). The number of rotatable bonds is 7. The molecule has 6 nitrogen and oxygen atoms in total. The lowest BCUT2D eigenvalue weighted by molar-refractivity contribution is -0.162. The van der Waals surface area contributed by atoms with E-state index in [-0.39, 0.29) is 17.9 Å². The molecular formula is C18H25NO5. The molecular weight excluding hydrogens is 310 g/mol. The Morgan fingerprint density at radius 3 is 2.25 bits per heavy atom. The molecule has 0 aliphatic heterocycles. The van der Waals surface area contributed by atoms with Crippen molar-refractivity contribution in [3.05, 3.63) is 35.4 Å². The molecule has 24 heavy (non-hydrogen) atoms. The third-order valence-corrected chi connectivity index (χ3v) is 3.30. The SMILES string of the molecule is Cc1ccccc1C(=O)N[C@H](C(=O)OCC(=O)OC(C)C)C(C)C. The molecule has 1 N–H and O–H groups in total. The summed E-state index contributed by atoms with van der Waals surface area (Å²) in [5, 5.41) is 2.67. The van der Waals surface area contributed by atoms with Crippen molar-refractivity contribution in [1.82, 2.24) is 5.32 Å². The minimum atomic E-state index is -0.844. The Morgan fingerprint density at radius 1 is 1.08 bits per heavy atom. The smallest absolute Gasteiger partial charge is 0.344 e. The molecule has 1 aromatic rings. The Balaban J connectivity index is 2.70. The Kier molecular flexibility index (Phi) is 7.42. The number of carbonyl (C=O) groups is 3. The van der Waals surface area contributed by atoms with Gasteiger partial charge in [0.05, 0.1) is 6.10 Å². The Hall–Kier alpha value is -2.37. The van der Waals surface area contributed by atoms with Crippen molar-refractivity contribution in [1.29, 1.82) is 0 Å². The Labute approximate surface area is 142 Å². The van der Waals surface area contributed by atoms with Crippen LogP contribution >= 0.6 is 0 Å². The van der Waals surface area contributed by atoms with Crippen LogP contribution in [0.4, 0.5) is 0 Å². The highest BCUT2D eigenvalue weighted by molar-refractivity contribution is 5.98. The van der Waals surface area contributed by atoms with Crippen molar-refractivity contribution in [2.75, 3.05) is 6.61 Å². The van der Waals surface area contributed by atoms with Crippen LogP contribution in [0.15, 0.2) is 24.3 Å². The zero-order valence-electron chi connectivity index (χ0n) is 14.8. The van der Waals surface area contributed by atoms with Gasteiger partial charge in [-0.1, -0.05) is 32.0 Å². The number of hydrogen-bond donors (Lipinski definition) is 1. The van der Waals surface area contributed by atoms with Gasteiger partial charge in [0.1, 0.15) is 6.04 Å². The molecule has 0 unspecified atom stereocenters. The number of esters is 2. The van der Waals surface area contributed by atoms with Crippen molar-refractivity contribution in [3.63, 3.8) is 0 Å². The predicted molar refractivity (Wildman–Crippen MR) is 89.5 cm³/mol. The van der Waals surface area contributed by atoms with Gasteiger partial charge in [-0.2, -0.15) is 0 Å². The van der Waals surface area contributed by atoms with Gasteiger partial charge in [-0.3, -0.25) is 4.79 Å². The molecule has 1 amide bonds. The third-order valence-electron chi connectivity index (χ3n) is 3.30. The lowest BCUT2D eigenvalue weighted by Crippen LogP contribution is -2.46. The predicted octanol–water partition coefficient (Wildman–Crippen LogP) is 2.24. The van der Waals surface area contributed by atoms with Gasteiger partial charge in [0, 0.05) is 5.56 Å². The summed E-state index contributed by atoms with van der Waals surface area (Å²) in [5.41, 5.74) is 1.31. The molecule has 0 spiro atoms. The van der Waals surface area contributed by atoms with Crippen molar-refractivity contribution < 1.29 is 23.9 Å². The van der Waals surface area contributed by atoms with Crippen molar-refractivity contribution in [3.8, 4) is 0 Å². The second kappa shape index (κ2) is 9.05. The molecule has 132 valence electrons. The number of ether oxygens (including phenoxy) is 2. The third kappa shape index (κ3) is 6.02. The summed E-state index contributed by atoms with van der Waals surface area (Å²) in [4.78, 5) is 36.0. The summed E-state index contributed by atoms with van der Waals surface area (Å²) >= 11 is 0. The van der Waals surface area contributed by atoms with Crippen molar-refractivity contribution in [2.45, 2.75) is 46.8 Å². The van der Waals surface area contributed by atoms with E-state index in [1.165, 1.54) is 0 Å². The molecule has 0 radical (unpaired) electrons. The van der Waals surface area contributed by atoms with Crippen LogP contribution in [0.2, 0.25) is 0 Å². The summed E-state index contributed by atoms with van der Waals surface area (Å²) in [6.45, 7) is 8.34. The van der Waals surface area contributed by atoms with Crippen LogP contribution in [0.1, 0.15) is 43.6 Å². The van der Waals surface area contributed by atoms with E-state index < -0.39 is 24.6 Å². The van der Waals surface area contributed by atoms with Gasteiger partial charge in [0.25, 0.3) is 5.91 Å². The summed E-state index contributed by atoms with van der Waals surface area (Å²) in [6.07, 6.45) is -0.280. The first-order chi connectivity index (χ1) is 11.2. The number of nitrogens with one attached hydrogen (secondary N) is 1. The quantitative estimate of drug-likeness (QED) is 0.773. The van der Waals surface area contributed by atoms with Crippen LogP contribution in [-0.4, -0.2) is 36.6 Å². The van der Waals surface area contributed by atoms with Gasteiger partial charge >= 0.3 is 11.9 Å². The van der Waals surface area contributed by atoms with E-state index in [2.05, 4.69) is 5.32 Å². The summed E-state index contributed by atoms with van der Waals surface area (Å²) in [5.74, 6) is -1.82. The van der Waals surface area contributed by atoms with E-state index >= 15 is 0 Å². The molecule has 0 saturated carbocycles. The lowest BCUT2D eigenvalue weighted by atomic mass is 10.0. The van der Waals surface area contributed by atoms with Gasteiger partial charge in [-0.25, -0.2) is 9.59 Å². The number of carbonyl (C=O) groups excluding carboxylic acids is 3. The van der Waals surface area contributed by atoms with Crippen LogP contribution in [0.3, 0.4) is 0 Å². The molecule has 0 saturated heterocycles. The maximum Gasteiger partial charge on any atom is 0.344 e. The van der Waals surface area contributed by atoms with Gasteiger partial charge in [-0.05, 0) is 38.3 Å². The lowest BCUT2D eigenvalue weighted by Gasteiger charge is -2.21. The molecule has 0 fully saturated rings. The monoisotopic (exact) mass is 335 g/mol. The minimum absolute atomic E-state index is 0.188. The standard InChI is InChI=1S/C18H25NO5/c1-11(2)16(18(22)23-10-15(20)24-12(3)4)19-17(21)14-9-7-6-8-13(14)5/h6-9,11-12,16H,10H2,1-5H3,(H,19,21)/t16-/m0/s1. The fourth-order valence-corrected chi connectivity index (χ4v) is 2.06. The number of hydrogen-bond acceptors (Lipinski definition) is 5. The molecule has 1 aromatic carbocycles. The number of aryl methyl sites for hydroxylation is 1. The first kappa shape index (κ1) is 19.7. The Bertz CT molecular complexity index is 595. The first-order valence-electron chi connectivity index (χ1n) is 7.95. The number of benzene rings is 1. The zero-order valence-corrected chi connectivity index (χ0v) is 14.8. The van der Waals surface area contributed by atoms with Gasteiger partial charge in [0.15, 0.2) is 6.61 Å². The number of amides is 1. The van der Waals surface area contributed by atoms with Crippen molar-refractivity contribution in [2.24, 2.45) is 5.92 Å². The van der Waals surface area contributed by atoms with Crippen LogP contribution in [-0.2, 0) is 19.1 Å². The minimum Gasteiger partial charge on any atom is -0.460 e. The summed E-state index contributed by atoms with van der Waals surface area (Å²) in [6, 6.07) is 6.25. The summed E-state index contributed by atoms with van der Waals surface area (Å²) < 4.78 is 9.87.